The van der Waals surface area contributed by atoms with Crippen LogP contribution in [0.3, 0.4) is 0 Å². The van der Waals surface area contributed by atoms with Crippen LogP contribution in [0.5, 0.6) is 0 Å². The summed E-state index contributed by atoms with van der Waals surface area (Å²) in [6.07, 6.45) is 5.47. The van der Waals surface area contributed by atoms with Gasteiger partial charge in [0.15, 0.2) is 6.61 Å². The molecule has 2 N–H and O–H groups in total. The Bertz CT molecular complexity index is 292. The first-order valence-electron chi connectivity index (χ1n) is 4.37. The third kappa shape index (κ3) is 3.35. The molecule has 76 valence electrons. The van der Waals surface area contributed by atoms with E-state index in [4.69, 9.17) is 4.74 Å². The molecule has 0 saturated carbocycles. The van der Waals surface area contributed by atoms with Crippen molar-refractivity contribution in [1.82, 2.24) is 10.6 Å². The average molecular weight is 194 g/mol. The van der Waals surface area contributed by atoms with Crippen LogP contribution in [0.2, 0.25) is 0 Å². The van der Waals surface area contributed by atoms with Gasteiger partial charge in [-0.3, -0.25) is 4.79 Å². The van der Waals surface area contributed by atoms with Gasteiger partial charge in [0.2, 0.25) is 0 Å². The van der Waals surface area contributed by atoms with Gasteiger partial charge in [0.05, 0.1) is 0 Å². The van der Waals surface area contributed by atoms with Crippen LogP contribution in [0.1, 0.15) is 0 Å². The van der Waals surface area contributed by atoms with Crippen LogP contribution in [0.25, 0.3) is 0 Å². The lowest BCUT2D eigenvalue weighted by molar-refractivity contribution is -0.124. The highest BCUT2D eigenvalue weighted by atomic mass is 16.5. The maximum absolute atomic E-state index is 11.1. The summed E-state index contributed by atoms with van der Waals surface area (Å²) in [4.78, 5) is 11.1. The minimum Gasteiger partial charge on any atom is -0.484 e. The zero-order chi connectivity index (χ0) is 10.4. The molecule has 0 spiro atoms. The second-order valence-electron chi connectivity index (χ2n) is 2.81. The van der Waals surface area contributed by atoms with E-state index >= 15 is 0 Å². The van der Waals surface area contributed by atoms with Crippen molar-refractivity contribution in [3.8, 4) is 0 Å². The predicted octanol–water partition coefficient (Wildman–Crippen LogP) is 0.306. The molecule has 4 heteroatoms. The van der Waals surface area contributed by atoms with Crippen LogP contribution in [0.15, 0.2) is 36.3 Å². The Labute approximate surface area is 83.3 Å². The average Bonchev–Trinajstić information content (AvgIpc) is 2.19. The van der Waals surface area contributed by atoms with Crippen LogP contribution in [-0.2, 0) is 9.53 Å². The zero-order valence-corrected chi connectivity index (χ0v) is 8.17. The van der Waals surface area contributed by atoms with Gasteiger partial charge < -0.3 is 15.4 Å². The molecule has 0 aromatic heterocycles. The molecule has 0 fully saturated rings. The van der Waals surface area contributed by atoms with E-state index in [1.807, 2.05) is 19.2 Å². The number of amides is 1. The number of hydrogen-bond donors (Lipinski definition) is 2. The fourth-order valence-corrected chi connectivity index (χ4v) is 0.987. The fourth-order valence-electron chi connectivity index (χ4n) is 0.987. The van der Waals surface area contributed by atoms with Crippen molar-refractivity contribution in [2.45, 2.75) is 0 Å². The second kappa shape index (κ2) is 5.11. The number of hydrogen-bond acceptors (Lipinski definition) is 3. The summed E-state index contributed by atoms with van der Waals surface area (Å²) in [5.41, 5.74) is 0.895. The molecule has 0 aliphatic carbocycles. The van der Waals surface area contributed by atoms with Crippen LogP contribution in [0.4, 0.5) is 0 Å². The van der Waals surface area contributed by atoms with Crippen molar-refractivity contribution in [2.75, 3.05) is 20.2 Å². The number of carbonyl (C=O) groups excluding carboxylic acids is 1. The molecule has 0 aromatic rings. The third-order valence-corrected chi connectivity index (χ3v) is 1.71. The summed E-state index contributed by atoms with van der Waals surface area (Å²) in [7, 11) is 1.81. The van der Waals surface area contributed by atoms with Gasteiger partial charge in [-0.2, -0.15) is 0 Å². The van der Waals surface area contributed by atoms with Crippen molar-refractivity contribution in [2.24, 2.45) is 0 Å². The highest BCUT2D eigenvalue weighted by Gasteiger charge is 2.02. The molecular formula is C10H14N2O2. The van der Waals surface area contributed by atoms with Gasteiger partial charge in [0.25, 0.3) is 5.91 Å². The second-order valence-corrected chi connectivity index (χ2v) is 2.81. The van der Waals surface area contributed by atoms with Gasteiger partial charge in [0, 0.05) is 25.4 Å². The number of rotatable bonds is 1. The Morgan fingerprint density at radius 3 is 3.14 bits per heavy atom. The van der Waals surface area contributed by atoms with Crippen LogP contribution < -0.4 is 10.6 Å². The van der Waals surface area contributed by atoms with Crippen molar-refractivity contribution in [3.63, 3.8) is 0 Å². The molecule has 1 amide bonds. The van der Waals surface area contributed by atoms with Gasteiger partial charge in [-0.15, -0.1) is 0 Å². The Kier molecular flexibility index (Phi) is 3.79. The molecule has 1 rings (SSSR count). The quantitative estimate of drug-likeness (QED) is 0.631. The topological polar surface area (TPSA) is 50.4 Å². The van der Waals surface area contributed by atoms with E-state index in [0.717, 1.165) is 5.70 Å². The first-order chi connectivity index (χ1) is 6.72. The SMILES string of the molecule is C=C1/C=C(NC)\C=C/CNC(=O)CO1. The summed E-state index contributed by atoms with van der Waals surface area (Å²) in [5, 5.41) is 5.65. The number of carbonyl (C=O) groups is 1. The van der Waals surface area contributed by atoms with E-state index in [2.05, 4.69) is 17.2 Å². The standard InChI is InChI=1S/C10H14N2O2/c1-8-6-9(11-2)4-3-5-12-10(13)7-14-8/h3-4,6,11H,1,5,7H2,2H3,(H,12,13)/b4-3-,9-6+. The molecule has 0 aromatic carbocycles. The zero-order valence-electron chi connectivity index (χ0n) is 8.17. The number of allylic oxidation sites excluding steroid dienone is 2. The third-order valence-electron chi connectivity index (χ3n) is 1.71. The molecule has 1 heterocycles. The molecule has 4 nitrogen and oxygen atoms in total. The van der Waals surface area contributed by atoms with E-state index in [1.54, 1.807) is 6.08 Å². The van der Waals surface area contributed by atoms with Gasteiger partial charge in [0.1, 0.15) is 5.76 Å². The molecule has 1 aliphatic rings. The molecule has 0 unspecified atom stereocenters. The predicted molar refractivity (Wildman–Crippen MR) is 54.4 cm³/mol. The van der Waals surface area contributed by atoms with Crippen molar-refractivity contribution in [3.05, 3.63) is 36.3 Å². The lowest BCUT2D eigenvalue weighted by Crippen LogP contribution is -2.28. The summed E-state index contributed by atoms with van der Waals surface area (Å²) in [6, 6.07) is 0. The Balaban J connectivity index is 2.73. The highest BCUT2D eigenvalue weighted by molar-refractivity contribution is 5.77. The number of likely N-dealkylation sites (N-methyl/N-ethyl adjacent to an activating group) is 1. The number of ether oxygens (including phenoxy) is 1. The van der Waals surface area contributed by atoms with E-state index < -0.39 is 0 Å². The summed E-state index contributed by atoms with van der Waals surface area (Å²) >= 11 is 0. The first-order valence-corrected chi connectivity index (χ1v) is 4.37. The monoisotopic (exact) mass is 194 g/mol. The van der Waals surface area contributed by atoms with Gasteiger partial charge in [-0.05, 0) is 6.08 Å². The minimum absolute atomic E-state index is 0.0141. The van der Waals surface area contributed by atoms with Gasteiger partial charge in [-0.1, -0.05) is 12.7 Å². The van der Waals surface area contributed by atoms with Gasteiger partial charge in [-0.25, -0.2) is 0 Å². The van der Waals surface area contributed by atoms with Crippen molar-refractivity contribution < 1.29 is 9.53 Å². The van der Waals surface area contributed by atoms with Crippen LogP contribution in [-0.4, -0.2) is 26.1 Å². The van der Waals surface area contributed by atoms with E-state index in [0.29, 0.717) is 12.3 Å². The van der Waals surface area contributed by atoms with Gasteiger partial charge >= 0.3 is 0 Å². The van der Waals surface area contributed by atoms with Crippen LogP contribution in [0, 0.1) is 0 Å². The Hall–Kier alpha value is -1.71. The lowest BCUT2D eigenvalue weighted by atomic mass is 10.3. The Morgan fingerprint density at radius 1 is 1.64 bits per heavy atom. The van der Waals surface area contributed by atoms with Crippen molar-refractivity contribution in [1.29, 1.82) is 0 Å². The number of nitrogens with one attached hydrogen (secondary N) is 2. The molecule has 0 saturated heterocycles. The van der Waals surface area contributed by atoms with E-state index in [-0.39, 0.29) is 12.5 Å². The van der Waals surface area contributed by atoms with E-state index in [9.17, 15) is 4.79 Å². The van der Waals surface area contributed by atoms with E-state index in [1.165, 1.54) is 0 Å². The summed E-state index contributed by atoms with van der Waals surface area (Å²) in [6.45, 7) is 4.19. The molecule has 1 aliphatic heterocycles. The maximum atomic E-state index is 11.1. The molecular weight excluding hydrogens is 180 g/mol. The fraction of sp³-hybridized carbons (Fsp3) is 0.300. The summed E-state index contributed by atoms with van der Waals surface area (Å²) in [5.74, 6) is 0.327. The highest BCUT2D eigenvalue weighted by Crippen LogP contribution is 2.02. The first kappa shape index (κ1) is 10.4. The summed E-state index contributed by atoms with van der Waals surface area (Å²) < 4.78 is 5.11. The normalized spacial score (nSPS) is 23.9. The molecule has 0 radical (unpaired) electrons. The lowest BCUT2D eigenvalue weighted by Gasteiger charge is -2.09. The largest absolute Gasteiger partial charge is 0.484 e. The van der Waals surface area contributed by atoms with Crippen molar-refractivity contribution >= 4 is 5.91 Å². The molecule has 0 bridgehead atoms. The maximum Gasteiger partial charge on any atom is 0.258 e. The smallest absolute Gasteiger partial charge is 0.258 e. The van der Waals surface area contributed by atoms with Crippen LogP contribution >= 0.6 is 0 Å². The minimum atomic E-state index is -0.142. The Morgan fingerprint density at radius 2 is 2.43 bits per heavy atom. The molecule has 0 atom stereocenters. The molecule has 14 heavy (non-hydrogen) atoms.